The molecule has 116 valence electrons. The molecule has 1 aliphatic rings. The number of hydrogen-bond acceptors (Lipinski definition) is 2. The highest BCUT2D eigenvalue weighted by molar-refractivity contribution is 7.92. The number of hydrogen-bond donors (Lipinski definition) is 0. The third kappa shape index (κ3) is 2.48. The molecule has 0 fully saturated rings. The Bertz CT molecular complexity index is 823. The van der Waals surface area contributed by atoms with Crippen LogP contribution >= 0.6 is 11.6 Å². The predicted molar refractivity (Wildman–Crippen MR) is 85.3 cm³/mol. The lowest BCUT2D eigenvalue weighted by Crippen LogP contribution is -2.42. The molecule has 0 aromatic heterocycles. The topological polar surface area (TPSA) is 37.4 Å². The molecule has 0 radical (unpaired) electrons. The summed E-state index contributed by atoms with van der Waals surface area (Å²) >= 11 is 5.71. The summed E-state index contributed by atoms with van der Waals surface area (Å²) in [5.41, 5.74) is 1.58. The molecule has 1 heterocycles. The fourth-order valence-corrected chi connectivity index (χ4v) is 4.75. The second kappa shape index (κ2) is 5.56. The average Bonchev–Trinajstić information content (AvgIpc) is 2.46. The Kier molecular flexibility index (Phi) is 3.87. The van der Waals surface area contributed by atoms with Crippen LogP contribution < -0.4 is 4.31 Å². The number of para-hydroxylation sites is 1. The first-order chi connectivity index (χ1) is 10.4. The molecule has 0 N–H and O–H groups in total. The van der Waals surface area contributed by atoms with Gasteiger partial charge in [-0.1, -0.05) is 29.8 Å². The van der Waals surface area contributed by atoms with Crippen LogP contribution in [-0.2, 0) is 16.4 Å². The third-order valence-electron chi connectivity index (χ3n) is 3.89. The van der Waals surface area contributed by atoms with Gasteiger partial charge in [-0.2, -0.15) is 0 Å². The number of halogens is 2. The van der Waals surface area contributed by atoms with Crippen molar-refractivity contribution in [2.24, 2.45) is 0 Å². The van der Waals surface area contributed by atoms with Crippen molar-refractivity contribution in [3.8, 4) is 0 Å². The van der Waals surface area contributed by atoms with E-state index in [0.29, 0.717) is 12.1 Å². The summed E-state index contributed by atoms with van der Waals surface area (Å²) in [6.45, 7) is 1.83. The van der Waals surface area contributed by atoms with Crippen LogP contribution in [0.25, 0.3) is 0 Å². The van der Waals surface area contributed by atoms with Gasteiger partial charge in [0, 0.05) is 11.1 Å². The lowest BCUT2D eigenvalue weighted by molar-refractivity contribution is 0.546. The van der Waals surface area contributed by atoms with E-state index in [0.717, 1.165) is 18.1 Å². The van der Waals surface area contributed by atoms with E-state index < -0.39 is 15.8 Å². The minimum Gasteiger partial charge on any atom is -0.263 e. The molecule has 1 aliphatic heterocycles. The first kappa shape index (κ1) is 15.3. The summed E-state index contributed by atoms with van der Waals surface area (Å²) in [5, 5.41) is 0.170. The van der Waals surface area contributed by atoms with Crippen LogP contribution in [0, 0.1) is 5.82 Å². The largest absolute Gasteiger partial charge is 0.267 e. The molecule has 3 nitrogen and oxygen atoms in total. The molecule has 6 heteroatoms. The second-order valence-electron chi connectivity index (χ2n) is 5.39. The highest BCUT2D eigenvalue weighted by Gasteiger charge is 2.35. The number of benzene rings is 2. The normalized spacial score (nSPS) is 18.1. The van der Waals surface area contributed by atoms with Gasteiger partial charge in [0.2, 0.25) is 0 Å². The van der Waals surface area contributed by atoms with Crippen LogP contribution in [0.5, 0.6) is 0 Å². The van der Waals surface area contributed by atoms with Gasteiger partial charge >= 0.3 is 0 Å². The molecular weight excluding hydrogens is 325 g/mol. The molecule has 22 heavy (non-hydrogen) atoms. The van der Waals surface area contributed by atoms with E-state index in [9.17, 15) is 12.8 Å². The van der Waals surface area contributed by atoms with Crippen LogP contribution in [0.3, 0.4) is 0 Å². The van der Waals surface area contributed by atoms with Gasteiger partial charge in [0.15, 0.2) is 0 Å². The fourth-order valence-electron chi connectivity index (χ4n) is 2.81. The fraction of sp³-hybridized carbons (Fsp3) is 0.250. The molecule has 0 bridgehead atoms. The average molecular weight is 340 g/mol. The lowest BCUT2D eigenvalue weighted by Gasteiger charge is -2.36. The molecule has 2 aromatic rings. The second-order valence-corrected chi connectivity index (χ2v) is 7.61. The van der Waals surface area contributed by atoms with E-state index >= 15 is 0 Å². The van der Waals surface area contributed by atoms with Gasteiger partial charge < -0.3 is 0 Å². The molecule has 0 amide bonds. The zero-order valence-electron chi connectivity index (χ0n) is 12.0. The van der Waals surface area contributed by atoms with Crippen LogP contribution in [0.15, 0.2) is 47.4 Å². The highest BCUT2D eigenvalue weighted by Crippen LogP contribution is 2.36. The zero-order valence-corrected chi connectivity index (χ0v) is 13.5. The summed E-state index contributed by atoms with van der Waals surface area (Å²) in [4.78, 5) is -0.347. The van der Waals surface area contributed by atoms with Crippen molar-refractivity contribution in [2.45, 2.75) is 30.7 Å². The summed E-state index contributed by atoms with van der Waals surface area (Å²) in [6, 6.07) is 10.7. The summed E-state index contributed by atoms with van der Waals surface area (Å²) in [5.74, 6) is -0.831. The van der Waals surface area contributed by atoms with E-state index in [4.69, 9.17) is 11.6 Å². The van der Waals surface area contributed by atoms with E-state index in [1.165, 1.54) is 16.4 Å². The molecule has 0 saturated heterocycles. The van der Waals surface area contributed by atoms with Gasteiger partial charge in [0.05, 0.1) is 5.69 Å². The van der Waals surface area contributed by atoms with Gasteiger partial charge in [-0.25, -0.2) is 12.8 Å². The Hall–Kier alpha value is -1.59. The molecular formula is C16H15ClFNO2S. The molecule has 2 aromatic carbocycles. The predicted octanol–water partition coefficient (Wildman–Crippen LogP) is 4.01. The highest BCUT2D eigenvalue weighted by atomic mass is 35.5. The van der Waals surface area contributed by atoms with Crippen LogP contribution in [0.4, 0.5) is 10.1 Å². The standard InChI is InChI=1S/C16H15ClFNO2S/c1-11-6-7-12-4-2-3-5-15(12)19(11)22(20,21)16-9-8-13(17)10-14(16)18/h2-5,8-11H,6-7H2,1H3/t11-/m0/s1. The lowest BCUT2D eigenvalue weighted by atomic mass is 9.99. The molecule has 0 saturated carbocycles. The van der Waals surface area contributed by atoms with Crippen molar-refractivity contribution in [3.63, 3.8) is 0 Å². The maximum Gasteiger partial charge on any atom is 0.267 e. The molecule has 1 atom stereocenters. The van der Waals surface area contributed by atoms with Crippen molar-refractivity contribution in [2.75, 3.05) is 4.31 Å². The molecule has 0 spiro atoms. The molecule has 0 unspecified atom stereocenters. The Labute approximate surface area is 134 Å². The third-order valence-corrected chi connectivity index (χ3v) is 6.09. The van der Waals surface area contributed by atoms with Crippen LogP contribution in [0.1, 0.15) is 18.9 Å². The molecule has 0 aliphatic carbocycles. The van der Waals surface area contributed by atoms with Gasteiger partial charge in [-0.05, 0) is 49.6 Å². The van der Waals surface area contributed by atoms with Crippen molar-refractivity contribution < 1.29 is 12.8 Å². The maximum atomic E-state index is 14.1. The van der Waals surface area contributed by atoms with E-state index in [2.05, 4.69) is 0 Å². The summed E-state index contributed by atoms with van der Waals surface area (Å²) in [7, 11) is -3.97. The summed E-state index contributed by atoms with van der Waals surface area (Å²) < 4.78 is 41.3. The van der Waals surface area contributed by atoms with E-state index in [1.54, 1.807) is 12.1 Å². The van der Waals surface area contributed by atoms with Gasteiger partial charge in [0.1, 0.15) is 10.7 Å². The van der Waals surface area contributed by atoms with E-state index in [-0.39, 0.29) is 16.0 Å². The SMILES string of the molecule is C[C@H]1CCc2ccccc2N1S(=O)(=O)c1ccc(Cl)cc1F. The minimum absolute atomic E-state index is 0.170. The van der Waals surface area contributed by atoms with Crippen molar-refractivity contribution in [3.05, 3.63) is 58.9 Å². The van der Waals surface area contributed by atoms with Crippen LogP contribution in [-0.4, -0.2) is 14.5 Å². The number of sulfonamides is 1. The Morgan fingerprint density at radius 1 is 1.23 bits per heavy atom. The minimum atomic E-state index is -3.97. The first-order valence-electron chi connectivity index (χ1n) is 6.98. The first-order valence-corrected chi connectivity index (χ1v) is 8.80. The van der Waals surface area contributed by atoms with Gasteiger partial charge in [-0.3, -0.25) is 4.31 Å². The Balaban J connectivity index is 2.16. The number of aryl methyl sites for hydroxylation is 1. The maximum absolute atomic E-state index is 14.1. The number of nitrogens with zero attached hydrogens (tertiary/aromatic N) is 1. The molecule has 3 rings (SSSR count). The van der Waals surface area contributed by atoms with Crippen molar-refractivity contribution >= 4 is 27.3 Å². The smallest absolute Gasteiger partial charge is 0.263 e. The number of rotatable bonds is 2. The van der Waals surface area contributed by atoms with Crippen molar-refractivity contribution in [1.29, 1.82) is 0 Å². The number of anilines is 1. The zero-order chi connectivity index (χ0) is 15.9. The van der Waals surface area contributed by atoms with Crippen molar-refractivity contribution in [1.82, 2.24) is 0 Å². The number of fused-ring (bicyclic) bond motifs is 1. The Morgan fingerprint density at radius 2 is 1.95 bits per heavy atom. The van der Waals surface area contributed by atoms with Crippen LogP contribution in [0.2, 0.25) is 5.02 Å². The van der Waals surface area contributed by atoms with Gasteiger partial charge in [0.25, 0.3) is 10.0 Å². The van der Waals surface area contributed by atoms with E-state index in [1.807, 2.05) is 19.1 Å². The summed E-state index contributed by atoms with van der Waals surface area (Å²) in [6.07, 6.45) is 1.51. The van der Waals surface area contributed by atoms with Gasteiger partial charge in [-0.15, -0.1) is 0 Å². The Morgan fingerprint density at radius 3 is 2.68 bits per heavy atom. The monoisotopic (exact) mass is 339 g/mol. The quantitative estimate of drug-likeness (QED) is 0.829.